The topological polar surface area (TPSA) is 37.3 Å². The van der Waals surface area contributed by atoms with Gasteiger partial charge in [0.05, 0.1) is 6.42 Å². The van der Waals surface area contributed by atoms with Crippen molar-refractivity contribution >= 4 is 29.3 Å². The molecule has 0 saturated heterocycles. The van der Waals surface area contributed by atoms with Crippen molar-refractivity contribution in [3.63, 3.8) is 0 Å². The van der Waals surface area contributed by atoms with Crippen LogP contribution in [0.5, 0.6) is 0 Å². The number of aliphatic carboxylic acids is 1. The molecule has 2 nitrogen and oxygen atoms in total. The largest absolute Gasteiger partial charge is 0.481 e. The van der Waals surface area contributed by atoms with Crippen LogP contribution >= 0.6 is 23.4 Å². The molecule has 1 N–H and O–H groups in total. The van der Waals surface area contributed by atoms with Gasteiger partial charge in [0.25, 0.3) is 0 Å². The first kappa shape index (κ1) is 11.9. The number of carboxylic acids is 1. The Hall–Kier alpha value is -0.150. The molecule has 0 spiro atoms. The molecule has 0 aromatic heterocycles. The first-order valence-electron chi connectivity index (χ1n) is 4.63. The average molecular weight is 235 g/mol. The van der Waals surface area contributed by atoms with Crippen LogP contribution in [0.1, 0.15) is 26.2 Å². The van der Waals surface area contributed by atoms with Gasteiger partial charge in [-0.05, 0) is 30.9 Å². The summed E-state index contributed by atoms with van der Waals surface area (Å²) in [5, 5.41) is 8.70. The van der Waals surface area contributed by atoms with E-state index in [1.165, 1.54) is 0 Å². The van der Waals surface area contributed by atoms with Gasteiger partial charge in [-0.25, -0.2) is 0 Å². The third kappa shape index (κ3) is 3.93. The minimum atomic E-state index is -0.673. The second-order valence-electron chi connectivity index (χ2n) is 4.02. The van der Waals surface area contributed by atoms with Gasteiger partial charge in [-0.3, -0.25) is 4.79 Å². The number of hydrogen-bond donors (Lipinski definition) is 1. The number of halogens is 1. The van der Waals surface area contributed by atoms with Crippen LogP contribution in [0.15, 0.2) is 11.1 Å². The van der Waals surface area contributed by atoms with Crippen LogP contribution in [-0.2, 0) is 4.79 Å². The Bertz CT molecular complexity index is 247. The summed E-state index contributed by atoms with van der Waals surface area (Å²) in [6, 6.07) is 0. The van der Waals surface area contributed by atoms with Crippen LogP contribution in [0.3, 0.4) is 0 Å². The number of carbonyl (C=O) groups is 1. The van der Waals surface area contributed by atoms with Crippen molar-refractivity contribution in [3.8, 4) is 0 Å². The maximum absolute atomic E-state index is 10.6. The quantitative estimate of drug-likeness (QED) is 0.767. The maximum Gasteiger partial charge on any atom is 0.303 e. The molecule has 0 aromatic carbocycles. The summed E-state index contributed by atoms with van der Waals surface area (Å²) >= 11 is 7.31. The average Bonchev–Trinajstić information content (AvgIpc) is 2.83. The zero-order chi connectivity index (χ0) is 10.6. The molecule has 1 rings (SSSR count). The molecule has 1 fully saturated rings. The molecule has 0 bridgehead atoms. The highest BCUT2D eigenvalue weighted by Crippen LogP contribution is 2.51. The van der Waals surface area contributed by atoms with E-state index < -0.39 is 5.97 Å². The van der Waals surface area contributed by atoms with Gasteiger partial charge in [-0.1, -0.05) is 17.2 Å². The Morgan fingerprint density at radius 3 is 2.71 bits per heavy atom. The van der Waals surface area contributed by atoms with E-state index >= 15 is 0 Å². The zero-order valence-electron chi connectivity index (χ0n) is 8.25. The first-order valence-corrected chi connectivity index (χ1v) is 6.22. The lowest BCUT2D eigenvalue weighted by molar-refractivity contribution is -0.138. The van der Waals surface area contributed by atoms with Gasteiger partial charge in [0.15, 0.2) is 0 Å². The summed E-state index contributed by atoms with van der Waals surface area (Å²) in [5.41, 5.74) is 2.83. The van der Waals surface area contributed by atoms with Gasteiger partial charge in [-0.2, -0.15) is 11.8 Å². The Morgan fingerprint density at radius 1 is 1.64 bits per heavy atom. The van der Waals surface area contributed by atoms with E-state index in [9.17, 15) is 4.79 Å². The fourth-order valence-corrected chi connectivity index (χ4v) is 2.83. The molecule has 0 heterocycles. The van der Waals surface area contributed by atoms with Gasteiger partial charge >= 0.3 is 5.97 Å². The lowest BCUT2D eigenvalue weighted by Gasteiger charge is -2.11. The molecule has 1 saturated carbocycles. The summed E-state index contributed by atoms with van der Waals surface area (Å²) in [5.74, 6) is 1.18. The number of thioether (sulfide) groups is 1. The molecular formula is C10H15ClO2S. The number of carboxylic acid groups (broad SMARTS) is 1. The van der Waals surface area contributed by atoms with Crippen LogP contribution < -0.4 is 0 Å². The molecular weight excluding hydrogens is 220 g/mol. The summed E-state index contributed by atoms with van der Waals surface area (Å²) < 4.78 is 0. The molecule has 80 valence electrons. The molecule has 0 aromatic rings. The molecule has 0 unspecified atom stereocenters. The van der Waals surface area contributed by atoms with E-state index in [1.54, 1.807) is 17.3 Å². The van der Waals surface area contributed by atoms with E-state index in [0.717, 1.165) is 29.9 Å². The smallest absolute Gasteiger partial charge is 0.303 e. The highest BCUT2D eigenvalue weighted by molar-refractivity contribution is 7.99. The summed E-state index contributed by atoms with van der Waals surface area (Å²) in [4.78, 5) is 10.6. The van der Waals surface area contributed by atoms with Crippen LogP contribution in [-0.4, -0.2) is 22.6 Å². The molecule has 1 aliphatic carbocycles. The minimum absolute atomic E-state index is 0.100. The van der Waals surface area contributed by atoms with Crippen LogP contribution in [0.25, 0.3) is 0 Å². The van der Waals surface area contributed by atoms with Crippen molar-refractivity contribution in [1.82, 2.24) is 0 Å². The molecule has 0 atom stereocenters. The standard InChI is InChI=1S/C10H15ClO2S/c1-8(5-11)6-14-7-10(2-3-10)4-9(12)13/h5H,2-4,6-7H2,1H3,(H,12,13). The normalized spacial score (nSPS) is 19.4. The predicted molar refractivity (Wildman–Crippen MR) is 60.9 cm³/mol. The van der Waals surface area contributed by atoms with Crippen molar-refractivity contribution in [2.24, 2.45) is 5.41 Å². The molecule has 0 amide bonds. The van der Waals surface area contributed by atoms with E-state index in [1.807, 2.05) is 6.92 Å². The molecule has 14 heavy (non-hydrogen) atoms. The van der Waals surface area contributed by atoms with Crippen LogP contribution in [0.4, 0.5) is 0 Å². The minimum Gasteiger partial charge on any atom is -0.481 e. The van der Waals surface area contributed by atoms with Gasteiger partial charge in [0, 0.05) is 11.3 Å². The summed E-state index contributed by atoms with van der Waals surface area (Å²) in [6.45, 7) is 1.98. The fourth-order valence-electron chi connectivity index (χ4n) is 1.33. The van der Waals surface area contributed by atoms with Crippen LogP contribution in [0.2, 0.25) is 0 Å². The number of rotatable bonds is 6. The third-order valence-corrected chi connectivity index (χ3v) is 4.26. The van der Waals surface area contributed by atoms with E-state index in [0.29, 0.717) is 6.42 Å². The van der Waals surface area contributed by atoms with Gasteiger partial charge in [0.2, 0.25) is 0 Å². The zero-order valence-corrected chi connectivity index (χ0v) is 9.83. The second kappa shape index (κ2) is 5.08. The highest BCUT2D eigenvalue weighted by Gasteiger charge is 2.43. The monoisotopic (exact) mass is 234 g/mol. The Labute approximate surface area is 93.7 Å². The van der Waals surface area contributed by atoms with Gasteiger partial charge in [0.1, 0.15) is 0 Å². The fraction of sp³-hybridized carbons (Fsp3) is 0.700. The Balaban J connectivity index is 2.21. The Kier molecular flexibility index (Phi) is 4.32. The highest BCUT2D eigenvalue weighted by atomic mass is 35.5. The van der Waals surface area contributed by atoms with E-state index in [4.69, 9.17) is 16.7 Å². The Morgan fingerprint density at radius 2 is 2.29 bits per heavy atom. The summed E-state index contributed by atoms with van der Waals surface area (Å²) in [7, 11) is 0. The van der Waals surface area contributed by atoms with E-state index in [-0.39, 0.29) is 5.41 Å². The van der Waals surface area contributed by atoms with Crippen molar-refractivity contribution in [3.05, 3.63) is 11.1 Å². The lowest BCUT2D eigenvalue weighted by atomic mass is 10.1. The predicted octanol–water partition coefficient (Wildman–Crippen LogP) is 3.12. The molecule has 4 heteroatoms. The lowest BCUT2D eigenvalue weighted by Crippen LogP contribution is -2.11. The SMILES string of the molecule is CC(=CCl)CSCC1(CC(=O)O)CC1. The number of hydrogen-bond acceptors (Lipinski definition) is 2. The van der Waals surface area contributed by atoms with Crippen molar-refractivity contribution in [2.45, 2.75) is 26.2 Å². The van der Waals surface area contributed by atoms with Gasteiger partial charge < -0.3 is 5.11 Å². The summed E-state index contributed by atoms with van der Waals surface area (Å²) in [6.07, 6.45) is 2.45. The second-order valence-corrected chi connectivity index (χ2v) is 5.22. The molecule has 0 aliphatic heterocycles. The van der Waals surface area contributed by atoms with Crippen molar-refractivity contribution in [2.75, 3.05) is 11.5 Å². The van der Waals surface area contributed by atoms with Crippen molar-refractivity contribution in [1.29, 1.82) is 0 Å². The van der Waals surface area contributed by atoms with E-state index in [2.05, 4.69) is 0 Å². The first-order chi connectivity index (χ1) is 6.58. The molecule has 0 radical (unpaired) electrons. The maximum atomic E-state index is 10.6. The van der Waals surface area contributed by atoms with Crippen LogP contribution in [0, 0.1) is 5.41 Å². The van der Waals surface area contributed by atoms with Crippen molar-refractivity contribution < 1.29 is 9.90 Å². The molecule has 1 aliphatic rings. The third-order valence-electron chi connectivity index (χ3n) is 2.41. The van der Waals surface area contributed by atoms with Gasteiger partial charge in [-0.15, -0.1) is 0 Å².